The van der Waals surface area contributed by atoms with Crippen molar-refractivity contribution in [3.05, 3.63) is 0 Å². The maximum Gasteiger partial charge on any atom is 0.0829 e. The molecule has 0 aliphatic rings. The van der Waals surface area contributed by atoms with Gasteiger partial charge in [-0.15, -0.1) is 0 Å². The third kappa shape index (κ3) is 6.02. The number of rotatable bonds is 7. The molecule has 0 spiro atoms. The minimum absolute atomic E-state index is 0.127. The molecule has 13 heavy (non-hydrogen) atoms. The van der Waals surface area contributed by atoms with Gasteiger partial charge in [0.2, 0.25) is 0 Å². The van der Waals surface area contributed by atoms with E-state index in [9.17, 15) is 0 Å². The van der Waals surface area contributed by atoms with Gasteiger partial charge in [0, 0.05) is 6.42 Å². The van der Waals surface area contributed by atoms with Gasteiger partial charge in [0.25, 0.3) is 0 Å². The van der Waals surface area contributed by atoms with E-state index in [1.165, 1.54) is 0 Å². The van der Waals surface area contributed by atoms with Crippen molar-refractivity contribution in [2.75, 3.05) is 40.5 Å². The Kier molecular flexibility index (Phi) is 6.29. The smallest absolute Gasteiger partial charge is 0.0829 e. The van der Waals surface area contributed by atoms with Crippen molar-refractivity contribution in [3.63, 3.8) is 0 Å². The molecule has 0 aromatic rings. The molecule has 3 heteroatoms. The van der Waals surface area contributed by atoms with Crippen LogP contribution < -0.4 is 0 Å². The lowest BCUT2D eigenvalue weighted by Gasteiger charge is -2.34. The lowest BCUT2D eigenvalue weighted by Crippen LogP contribution is -2.46. The van der Waals surface area contributed by atoms with Gasteiger partial charge >= 0.3 is 0 Å². The molecular formula is C10H24NO2+. The standard InChI is InChI=1S/C10H24NO2/c1-10(2)11(3,4)6-5-8-13-9-7-12/h10,12H,5-9H2,1-4H3/q+1. The van der Waals surface area contributed by atoms with Crippen molar-refractivity contribution >= 4 is 0 Å². The summed E-state index contributed by atoms with van der Waals surface area (Å²) in [4.78, 5) is 0. The molecule has 0 aliphatic heterocycles. The topological polar surface area (TPSA) is 29.5 Å². The Bertz CT molecular complexity index is 124. The van der Waals surface area contributed by atoms with Gasteiger partial charge in [0.15, 0.2) is 0 Å². The van der Waals surface area contributed by atoms with E-state index < -0.39 is 0 Å². The fourth-order valence-electron chi connectivity index (χ4n) is 0.999. The predicted octanol–water partition coefficient (Wildman–Crippen LogP) is 0.870. The molecule has 3 nitrogen and oxygen atoms in total. The second-order valence-electron chi connectivity index (χ2n) is 4.29. The summed E-state index contributed by atoms with van der Waals surface area (Å²) < 4.78 is 6.23. The highest BCUT2D eigenvalue weighted by atomic mass is 16.5. The van der Waals surface area contributed by atoms with Crippen LogP contribution in [-0.4, -0.2) is 56.1 Å². The molecule has 0 rings (SSSR count). The molecule has 0 unspecified atom stereocenters. The molecular weight excluding hydrogens is 166 g/mol. The van der Waals surface area contributed by atoms with Crippen molar-refractivity contribution in [2.24, 2.45) is 0 Å². The van der Waals surface area contributed by atoms with Crippen molar-refractivity contribution < 1.29 is 14.3 Å². The lowest BCUT2D eigenvalue weighted by molar-refractivity contribution is -0.911. The van der Waals surface area contributed by atoms with Crippen molar-refractivity contribution in [1.82, 2.24) is 0 Å². The zero-order valence-corrected chi connectivity index (χ0v) is 9.42. The number of aliphatic hydroxyl groups is 1. The van der Waals surface area contributed by atoms with E-state index >= 15 is 0 Å². The van der Waals surface area contributed by atoms with Crippen molar-refractivity contribution in [2.45, 2.75) is 26.3 Å². The minimum atomic E-state index is 0.127. The number of nitrogens with zero attached hydrogens (tertiary/aromatic N) is 1. The number of quaternary nitrogens is 1. The van der Waals surface area contributed by atoms with E-state index in [-0.39, 0.29) is 6.61 Å². The summed E-state index contributed by atoms with van der Waals surface area (Å²) in [7, 11) is 4.47. The Morgan fingerprint density at radius 3 is 2.31 bits per heavy atom. The highest BCUT2D eigenvalue weighted by Gasteiger charge is 2.18. The summed E-state index contributed by atoms with van der Waals surface area (Å²) in [5, 5.41) is 8.48. The highest BCUT2D eigenvalue weighted by molar-refractivity contribution is 4.42. The van der Waals surface area contributed by atoms with Crippen molar-refractivity contribution in [3.8, 4) is 0 Å². The first-order valence-corrected chi connectivity index (χ1v) is 5.02. The number of hydrogen-bond acceptors (Lipinski definition) is 2. The summed E-state index contributed by atoms with van der Waals surface area (Å²) in [6, 6.07) is 0.651. The molecule has 0 atom stereocenters. The number of aliphatic hydroxyl groups excluding tert-OH is 1. The Hall–Kier alpha value is -0.120. The van der Waals surface area contributed by atoms with E-state index in [2.05, 4.69) is 27.9 Å². The molecule has 0 fully saturated rings. The Morgan fingerprint density at radius 2 is 1.85 bits per heavy atom. The molecule has 0 aromatic heterocycles. The zero-order chi connectivity index (χ0) is 10.3. The summed E-state index contributed by atoms with van der Waals surface area (Å²) >= 11 is 0. The Morgan fingerprint density at radius 1 is 1.23 bits per heavy atom. The maximum atomic E-state index is 8.48. The molecule has 0 aliphatic carbocycles. The molecule has 0 bridgehead atoms. The predicted molar refractivity (Wildman–Crippen MR) is 54.6 cm³/mol. The SMILES string of the molecule is CC(C)[N+](C)(C)CCCOCCO. The van der Waals surface area contributed by atoms with Gasteiger partial charge in [-0.05, 0) is 13.8 Å². The van der Waals surface area contributed by atoms with Gasteiger partial charge < -0.3 is 14.3 Å². The van der Waals surface area contributed by atoms with Crippen LogP contribution in [0.25, 0.3) is 0 Å². The summed E-state index contributed by atoms with van der Waals surface area (Å²) in [5.41, 5.74) is 0. The summed E-state index contributed by atoms with van der Waals surface area (Å²) in [5.74, 6) is 0. The van der Waals surface area contributed by atoms with Crippen LogP contribution in [-0.2, 0) is 4.74 Å². The van der Waals surface area contributed by atoms with E-state index in [1.54, 1.807) is 0 Å². The van der Waals surface area contributed by atoms with Crippen LogP contribution in [0.1, 0.15) is 20.3 Å². The molecule has 0 amide bonds. The fourth-order valence-corrected chi connectivity index (χ4v) is 0.999. The summed E-state index contributed by atoms with van der Waals surface area (Å²) in [6.45, 7) is 6.94. The van der Waals surface area contributed by atoms with Crippen LogP contribution in [0.5, 0.6) is 0 Å². The van der Waals surface area contributed by atoms with Gasteiger partial charge in [0.1, 0.15) is 0 Å². The number of hydrogen-bond donors (Lipinski definition) is 1. The first-order chi connectivity index (χ1) is 6.00. The van der Waals surface area contributed by atoms with Gasteiger partial charge in [-0.3, -0.25) is 0 Å². The van der Waals surface area contributed by atoms with Crippen molar-refractivity contribution in [1.29, 1.82) is 0 Å². The van der Waals surface area contributed by atoms with Crippen LogP contribution in [0.15, 0.2) is 0 Å². The molecule has 80 valence electrons. The zero-order valence-electron chi connectivity index (χ0n) is 9.42. The number of ether oxygens (including phenoxy) is 1. The van der Waals surface area contributed by atoms with Gasteiger partial charge in [-0.25, -0.2) is 0 Å². The maximum absolute atomic E-state index is 8.48. The van der Waals surface area contributed by atoms with Crippen LogP contribution >= 0.6 is 0 Å². The first kappa shape index (κ1) is 12.9. The van der Waals surface area contributed by atoms with E-state index in [0.717, 1.165) is 24.1 Å². The van der Waals surface area contributed by atoms with E-state index in [1.807, 2.05) is 0 Å². The summed E-state index contributed by atoms with van der Waals surface area (Å²) in [6.07, 6.45) is 1.06. The third-order valence-electron chi connectivity index (χ3n) is 2.66. The van der Waals surface area contributed by atoms with Crippen LogP contribution in [0.3, 0.4) is 0 Å². The molecule has 0 saturated carbocycles. The fraction of sp³-hybridized carbons (Fsp3) is 1.00. The second-order valence-corrected chi connectivity index (χ2v) is 4.29. The molecule has 1 N–H and O–H groups in total. The van der Waals surface area contributed by atoms with E-state index in [4.69, 9.17) is 9.84 Å². The largest absolute Gasteiger partial charge is 0.394 e. The normalized spacial score (nSPS) is 12.5. The quantitative estimate of drug-likeness (QED) is 0.477. The minimum Gasteiger partial charge on any atom is -0.394 e. The average molecular weight is 190 g/mol. The van der Waals surface area contributed by atoms with Gasteiger partial charge in [-0.2, -0.15) is 0 Å². The monoisotopic (exact) mass is 190 g/mol. The van der Waals surface area contributed by atoms with Crippen LogP contribution in [0, 0.1) is 0 Å². The molecule has 0 saturated heterocycles. The second kappa shape index (κ2) is 6.35. The van der Waals surface area contributed by atoms with Crippen LogP contribution in [0.2, 0.25) is 0 Å². The van der Waals surface area contributed by atoms with Gasteiger partial charge in [0.05, 0.1) is 46.5 Å². The molecule has 0 radical (unpaired) electrons. The van der Waals surface area contributed by atoms with E-state index in [0.29, 0.717) is 12.6 Å². The van der Waals surface area contributed by atoms with Gasteiger partial charge in [-0.1, -0.05) is 0 Å². The highest BCUT2D eigenvalue weighted by Crippen LogP contribution is 2.06. The first-order valence-electron chi connectivity index (χ1n) is 5.02. The third-order valence-corrected chi connectivity index (χ3v) is 2.66. The Labute approximate surface area is 81.9 Å². The molecule has 0 aromatic carbocycles. The lowest BCUT2D eigenvalue weighted by atomic mass is 10.2. The molecule has 0 heterocycles. The van der Waals surface area contributed by atoms with Crippen LogP contribution in [0.4, 0.5) is 0 Å². The Balaban J connectivity index is 3.41. The average Bonchev–Trinajstić information content (AvgIpc) is 2.03.